The molecule has 11 rings (SSSR count). The lowest BCUT2D eigenvalue weighted by molar-refractivity contribution is 0.864. The Kier molecular flexibility index (Phi) is 6.89. The third-order valence-electron chi connectivity index (χ3n) is 11.0. The average molecular weight is 691 g/mol. The van der Waals surface area contributed by atoms with Crippen molar-refractivity contribution in [1.29, 1.82) is 0 Å². The first-order valence-corrected chi connectivity index (χ1v) is 18.5. The number of rotatable bonds is 5. The molecule has 1 unspecified atom stereocenters. The highest BCUT2D eigenvalue weighted by Crippen LogP contribution is 2.40. The van der Waals surface area contributed by atoms with Crippen LogP contribution in [0.4, 0.5) is 5.69 Å². The number of para-hydroxylation sites is 3. The molecule has 0 fully saturated rings. The highest BCUT2D eigenvalue weighted by Gasteiger charge is 2.24. The van der Waals surface area contributed by atoms with E-state index < -0.39 is 0 Å². The van der Waals surface area contributed by atoms with Crippen LogP contribution in [-0.4, -0.2) is 15.0 Å². The number of fused-ring (bicyclic) bond motifs is 7. The van der Waals surface area contributed by atoms with Gasteiger partial charge >= 0.3 is 0 Å². The van der Waals surface area contributed by atoms with Crippen molar-refractivity contribution in [2.75, 3.05) is 5.32 Å². The molecule has 2 aromatic heterocycles. The molecule has 10 aromatic rings. The summed E-state index contributed by atoms with van der Waals surface area (Å²) in [6, 6.07) is 67.4. The molecule has 4 heteroatoms. The van der Waals surface area contributed by atoms with Crippen molar-refractivity contribution in [3.63, 3.8) is 0 Å². The van der Waals surface area contributed by atoms with Gasteiger partial charge in [0.15, 0.2) is 0 Å². The summed E-state index contributed by atoms with van der Waals surface area (Å²) in [6.07, 6.45) is 2.18. The van der Waals surface area contributed by atoms with Gasteiger partial charge in [-0.3, -0.25) is 4.99 Å². The molecule has 1 aliphatic rings. The zero-order valence-electron chi connectivity index (χ0n) is 29.4. The number of amidine groups is 1. The van der Waals surface area contributed by atoms with Crippen LogP contribution in [0.1, 0.15) is 22.7 Å². The van der Waals surface area contributed by atoms with E-state index in [0.29, 0.717) is 0 Å². The van der Waals surface area contributed by atoms with E-state index in [0.717, 1.165) is 34.0 Å². The second-order valence-electron chi connectivity index (χ2n) is 14.1. The maximum atomic E-state index is 5.38. The van der Waals surface area contributed by atoms with Crippen molar-refractivity contribution in [2.24, 2.45) is 4.99 Å². The van der Waals surface area contributed by atoms with Crippen molar-refractivity contribution in [1.82, 2.24) is 9.13 Å². The molecule has 0 spiro atoms. The van der Waals surface area contributed by atoms with E-state index in [2.05, 4.69) is 209 Å². The lowest BCUT2D eigenvalue weighted by Crippen LogP contribution is -2.22. The highest BCUT2D eigenvalue weighted by molar-refractivity contribution is 6.18. The maximum Gasteiger partial charge on any atom is 0.133 e. The van der Waals surface area contributed by atoms with Gasteiger partial charge in [-0.2, -0.15) is 0 Å². The monoisotopic (exact) mass is 690 g/mol. The van der Waals surface area contributed by atoms with Gasteiger partial charge in [0.2, 0.25) is 0 Å². The number of hydrogen-bond acceptors (Lipinski definition) is 2. The molecule has 0 saturated carbocycles. The Morgan fingerprint density at radius 3 is 2.06 bits per heavy atom. The first kappa shape index (κ1) is 30.5. The number of nitrogens with zero attached hydrogens (tertiary/aromatic N) is 3. The molecule has 3 heterocycles. The normalized spacial score (nSPS) is 14.0. The van der Waals surface area contributed by atoms with E-state index in [1.165, 1.54) is 60.2 Å². The molecule has 1 aliphatic heterocycles. The SMILES string of the molecule is c1ccc(-n2ccc3ccc4c5ccccc5n(-c5ccc(C6=NC(c7ccc(-c8cccc9ccccc89)cc7)c7ccccc7N6)cc5)c4c32)cc1. The standard InChI is InChI=1S/C50H34N4/c1-2-13-38(14-3-1)53-32-31-36-27-30-43-42-16-7-9-20-46(42)54(49(43)48(36)53)39-28-25-37(26-29-39)50-51-45-19-8-6-17-44(45)47(52-50)35-23-21-34(22-24-35)41-18-10-12-33-11-4-5-15-40(33)41/h1-32,47H,(H,51,52). The molecular weight excluding hydrogens is 657 g/mol. The average Bonchev–Trinajstić information content (AvgIpc) is 3.83. The van der Waals surface area contributed by atoms with Crippen molar-refractivity contribution >= 4 is 55.0 Å². The van der Waals surface area contributed by atoms with Crippen LogP contribution in [0.3, 0.4) is 0 Å². The molecule has 1 atom stereocenters. The minimum atomic E-state index is -0.130. The van der Waals surface area contributed by atoms with E-state index in [9.17, 15) is 0 Å². The van der Waals surface area contributed by atoms with Crippen LogP contribution in [0.5, 0.6) is 0 Å². The van der Waals surface area contributed by atoms with Gasteiger partial charge < -0.3 is 14.5 Å². The zero-order valence-corrected chi connectivity index (χ0v) is 29.4. The number of aromatic nitrogens is 2. The molecule has 54 heavy (non-hydrogen) atoms. The first-order valence-electron chi connectivity index (χ1n) is 18.5. The van der Waals surface area contributed by atoms with Crippen LogP contribution in [0.25, 0.3) is 66.0 Å². The molecule has 0 radical (unpaired) electrons. The minimum absolute atomic E-state index is 0.130. The summed E-state index contributed by atoms with van der Waals surface area (Å²) in [5, 5.41) is 9.87. The van der Waals surface area contributed by atoms with E-state index in [1.807, 2.05) is 0 Å². The second-order valence-corrected chi connectivity index (χ2v) is 14.1. The highest BCUT2D eigenvalue weighted by atomic mass is 15.1. The van der Waals surface area contributed by atoms with Gasteiger partial charge in [-0.1, -0.05) is 133 Å². The Morgan fingerprint density at radius 1 is 0.463 bits per heavy atom. The molecule has 0 aliphatic carbocycles. The Morgan fingerprint density at radius 2 is 1.19 bits per heavy atom. The quantitative estimate of drug-likeness (QED) is 0.192. The second kappa shape index (κ2) is 12.2. The largest absolute Gasteiger partial charge is 0.340 e. The third-order valence-corrected chi connectivity index (χ3v) is 11.0. The van der Waals surface area contributed by atoms with Crippen molar-refractivity contribution in [3.8, 4) is 22.5 Å². The van der Waals surface area contributed by atoms with E-state index in [-0.39, 0.29) is 6.04 Å². The first-order chi connectivity index (χ1) is 26.8. The fourth-order valence-electron chi connectivity index (χ4n) is 8.44. The van der Waals surface area contributed by atoms with Crippen LogP contribution >= 0.6 is 0 Å². The lowest BCUT2D eigenvalue weighted by atomic mass is 9.92. The number of hydrogen-bond donors (Lipinski definition) is 1. The Bertz CT molecular complexity index is 3050. The van der Waals surface area contributed by atoms with Gasteiger partial charge in [0.25, 0.3) is 0 Å². The van der Waals surface area contributed by atoms with Crippen molar-refractivity contribution in [2.45, 2.75) is 6.04 Å². The van der Waals surface area contributed by atoms with Gasteiger partial charge in [-0.05, 0) is 82.1 Å². The predicted molar refractivity (Wildman–Crippen MR) is 225 cm³/mol. The van der Waals surface area contributed by atoms with Gasteiger partial charge in [0.05, 0.1) is 16.6 Å². The molecular formula is C50H34N4. The number of anilines is 1. The summed E-state index contributed by atoms with van der Waals surface area (Å²) >= 11 is 0. The molecule has 0 bridgehead atoms. The summed E-state index contributed by atoms with van der Waals surface area (Å²) in [6.45, 7) is 0. The molecule has 254 valence electrons. The van der Waals surface area contributed by atoms with Crippen LogP contribution in [0.2, 0.25) is 0 Å². The lowest BCUT2D eigenvalue weighted by Gasteiger charge is -2.26. The Balaban J connectivity index is 1.01. The minimum Gasteiger partial charge on any atom is -0.340 e. The van der Waals surface area contributed by atoms with Crippen molar-refractivity contribution < 1.29 is 0 Å². The molecule has 4 nitrogen and oxygen atoms in total. The summed E-state index contributed by atoms with van der Waals surface area (Å²) in [5.41, 5.74) is 12.7. The summed E-state index contributed by atoms with van der Waals surface area (Å²) in [4.78, 5) is 5.38. The van der Waals surface area contributed by atoms with Crippen LogP contribution in [0, 0.1) is 0 Å². The molecule has 8 aromatic carbocycles. The van der Waals surface area contributed by atoms with Gasteiger partial charge in [-0.25, -0.2) is 0 Å². The van der Waals surface area contributed by atoms with E-state index in [4.69, 9.17) is 4.99 Å². The summed E-state index contributed by atoms with van der Waals surface area (Å²) in [5.74, 6) is 0.867. The van der Waals surface area contributed by atoms with Crippen LogP contribution in [0.15, 0.2) is 199 Å². The molecule has 0 saturated heterocycles. The summed E-state index contributed by atoms with van der Waals surface area (Å²) in [7, 11) is 0. The third kappa shape index (κ3) is 4.81. The van der Waals surface area contributed by atoms with Gasteiger partial charge in [-0.15, -0.1) is 0 Å². The number of nitrogens with one attached hydrogen (secondary N) is 1. The predicted octanol–water partition coefficient (Wildman–Crippen LogP) is 12.5. The van der Waals surface area contributed by atoms with E-state index >= 15 is 0 Å². The van der Waals surface area contributed by atoms with Crippen LogP contribution < -0.4 is 5.32 Å². The fourth-order valence-corrected chi connectivity index (χ4v) is 8.44. The fraction of sp³-hybridized carbons (Fsp3) is 0.0200. The maximum absolute atomic E-state index is 5.38. The van der Waals surface area contributed by atoms with Gasteiger partial charge in [0, 0.05) is 50.5 Å². The summed E-state index contributed by atoms with van der Waals surface area (Å²) < 4.78 is 4.73. The topological polar surface area (TPSA) is 34.2 Å². The smallest absolute Gasteiger partial charge is 0.133 e. The molecule has 0 amide bonds. The molecule has 1 N–H and O–H groups in total. The van der Waals surface area contributed by atoms with E-state index in [1.54, 1.807) is 0 Å². The number of benzene rings is 8. The Labute approximate surface area is 312 Å². The van der Waals surface area contributed by atoms with Crippen molar-refractivity contribution in [3.05, 3.63) is 211 Å². The Hall–Kier alpha value is -7.17. The van der Waals surface area contributed by atoms with Gasteiger partial charge in [0.1, 0.15) is 11.9 Å². The van der Waals surface area contributed by atoms with Crippen LogP contribution in [-0.2, 0) is 0 Å². The number of aliphatic imine (C=N–C) groups is 1. The zero-order chi connectivity index (χ0) is 35.6.